The lowest BCUT2D eigenvalue weighted by Crippen LogP contribution is -2.30. The molecule has 0 unspecified atom stereocenters. The molecule has 2 aromatic carbocycles. The van der Waals surface area contributed by atoms with Gasteiger partial charge in [0.05, 0.1) is 26.2 Å². The largest absolute Gasteiger partial charge is 0.376 e. The highest BCUT2D eigenvalue weighted by Crippen LogP contribution is 2.30. The third-order valence-electron chi connectivity index (χ3n) is 4.63. The van der Waals surface area contributed by atoms with E-state index in [0.717, 1.165) is 6.26 Å². The summed E-state index contributed by atoms with van der Waals surface area (Å²) in [4.78, 5) is 14.5. The van der Waals surface area contributed by atoms with Crippen molar-refractivity contribution < 1.29 is 21.6 Å². The lowest BCUT2D eigenvalue weighted by molar-refractivity contribution is 0.102. The molecule has 2 aromatic rings. The van der Waals surface area contributed by atoms with Crippen molar-refractivity contribution >= 4 is 48.7 Å². The minimum atomic E-state index is -3.73. The maximum atomic E-state index is 12.9. The van der Waals surface area contributed by atoms with Crippen LogP contribution in [0.3, 0.4) is 0 Å². The number of sulfone groups is 1. The second-order valence-corrected chi connectivity index (χ2v) is 11.4. The van der Waals surface area contributed by atoms with E-state index in [0.29, 0.717) is 18.8 Å². The van der Waals surface area contributed by atoms with E-state index in [9.17, 15) is 21.6 Å². The summed E-state index contributed by atoms with van der Waals surface area (Å²) in [6, 6.07) is 8.42. The Labute approximate surface area is 188 Å². The molecule has 0 aromatic heterocycles. The van der Waals surface area contributed by atoms with Gasteiger partial charge in [-0.2, -0.15) is 4.31 Å². The van der Waals surface area contributed by atoms with Crippen molar-refractivity contribution in [2.75, 3.05) is 43.7 Å². The van der Waals surface area contributed by atoms with Crippen molar-refractivity contribution in [3.05, 3.63) is 47.0 Å². The number of benzene rings is 2. The van der Waals surface area contributed by atoms with E-state index in [4.69, 9.17) is 11.6 Å². The van der Waals surface area contributed by atoms with Gasteiger partial charge in [-0.15, -0.1) is 0 Å². The second kappa shape index (κ2) is 9.56. The molecule has 0 saturated heterocycles. The molecular weight excluding hydrogens is 462 g/mol. The number of anilines is 2. The number of nitrogens with one attached hydrogen (secondary N) is 1. The fourth-order valence-corrected chi connectivity index (χ4v) is 5.79. The van der Waals surface area contributed by atoms with Crippen molar-refractivity contribution in [3.63, 3.8) is 0 Å². The number of hydrogen-bond donors (Lipinski definition) is 1. The molecular formula is C20H26ClN3O5S2. The van der Waals surface area contributed by atoms with Gasteiger partial charge in [-0.05, 0) is 36.4 Å². The Hall–Kier alpha value is -2.14. The summed E-state index contributed by atoms with van der Waals surface area (Å²) >= 11 is 5.95. The SMILES string of the molecule is CCN(CC)S(=O)(=O)c1ccc(N(C)C)c(NC(=O)c2ccc(Cl)c(S(C)(=O)=O)c2)c1. The van der Waals surface area contributed by atoms with Crippen LogP contribution >= 0.6 is 11.6 Å². The Morgan fingerprint density at radius 3 is 2.13 bits per heavy atom. The summed E-state index contributed by atoms with van der Waals surface area (Å²) < 4.78 is 50.9. The molecule has 0 atom stereocenters. The monoisotopic (exact) mass is 487 g/mol. The van der Waals surface area contributed by atoms with E-state index in [1.807, 2.05) is 0 Å². The lowest BCUT2D eigenvalue weighted by Gasteiger charge is -2.22. The summed E-state index contributed by atoms with van der Waals surface area (Å²) in [5.74, 6) is -0.595. The Balaban J connectivity index is 2.52. The first-order valence-corrected chi connectivity index (χ1v) is 13.2. The van der Waals surface area contributed by atoms with Crippen molar-refractivity contribution in [1.29, 1.82) is 0 Å². The zero-order chi connectivity index (χ0) is 23.6. The van der Waals surface area contributed by atoms with Crippen molar-refractivity contribution in [1.82, 2.24) is 4.31 Å². The average molecular weight is 488 g/mol. The smallest absolute Gasteiger partial charge is 0.255 e. The minimum Gasteiger partial charge on any atom is -0.376 e. The summed E-state index contributed by atoms with van der Waals surface area (Å²) in [5, 5.41) is 2.71. The number of amides is 1. The number of hydrogen-bond acceptors (Lipinski definition) is 6. The first-order chi connectivity index (χ1) is 14.3. The number of halogens is 1. The molecule has 2 rings (SSSR count). The molecule has 0 aliphatic rings. The van der Waals surface area contributed by atoms with E-state index < -0.39 is 25.8 Å². The van der Waals surface area contributed by atoms with Gasteiger partial charge in [-0.1, -0.05) is 25.4 Å². The average Bonchev–Trinajstić information content (AvgIpc) is 2.67. The zero-order valence-corrected chi connectivity index (χ0v) is 20.4. The Morgan fingerprint density at radius 2 is 1.61 bits per heavy atom. The van der Waals surface area contributed by atoms with Crippen LogP contribution in [0.1, 0.15) is 24.2 Å². The molecule has 1 N–H and O–H groups in total. The van der Waals surface area contributed by atoms with E-state index in [1.165, 1.54) is 34.6 Å². The van der Waals surface area contributed by atoms with Crippen molar-refractivity contribution in [2.24, 2.45) is 0 Å². The Kier molecular flexibility index (Phi) is 7.75. The molecule has 8 nitrogen and oxygen atoms in total. The molecule has 31 heavy (non-hydrogen) atoms. The van der Waals surface area contributed by atoms with Crippen LogP contribution in [0.15, 0.2) is 46.2 Å². The Morgan fingerprint density at radius 1 is 1.00 bits per heavy atom. The van der Waals surface area contributed by atoms with Gasteiger partial charge < -0.3 is 10.2 Å². The standard InChI is InChI=1S/C20H26ClN3O5S2/c1-6-24(7-2)31(28,29)15-9-11-18(23(3)4)17(13-15)22-20(25)14-8-10-16(21)19(12-14)30(5,26)27/h8-13H,6-7H2,1-5H3,(H,22,25). The van der Waals surface area contributed by atoms with Gasteiger partial charge in [-0.3, -0.25) is 4.79 Å². The molecule has 0 spiro atoms. The molecule has 170 valence electrons. The predicted molar refractivity (Wildman–Crippen MR) is 123 cm³/mol. The number of carbonyl (C=O) groups excluding carboxylic acids is 1. The van der Waals surface area contributed by atoms with Crippen LogP contribution in [0.5, 0.6) is 0 Å². The fourth-order valence-electron chi connectivity index (χ4n) is 3.00. The summed E-state index contributed by atoms with van der Waals surface area (Å²) in [7, 11) is -3.85. The van der Waals surface area contributed by atoms with E-state index in [-0.39, 0.29) is 26.1 Å². The minimum absolute atomic E-state index is 0.0142. The van der Waals surface area contributed by atoms with E-state index >= 15 is 0 Å². The second-order valence-electron chi connectivity index (χ2n) is 7.03. The highest BCUT2D eigenvalue weighted by molar-refractivity contribution is 7.90. The number of carbonyl (C=O) groups is 1. The van der Waals surface area contributed by atoms with Crippen molar-refractivity contribution in [2.45, 2.75) is 23.6 Å². The molecule has 0 bridgehead atoms. The highest BCUT2D eigenvalue weighted by atomic mass is 35.5. The quantitative estimate of drug-likeness (QED) is 0.613. The van der Waals surface area contributed by atoms with E-state index in [2.05, 4.69) is 5.32 Å². The first kappa shape index (κ1) is 25.1. The third kappa shape index (κ3) is 5.57. The van der Waals surface area contributed by atoms with Crippen LogP contribution in [0.2, 0.25) is 5.02 Å². The van der Waals surface area contributed by atoms with Crippen molar-refractivity contribution in [3.8, 4) is 0 Å². The molecule has 0 heterocycles. The summed E-state index contributed by atoms with van der Waals surface area (Å²) in [5.41, 5.74) is 0.940. The lowest BCUT2D eigenvalue weighted by atomic mass is 10.2. The van der Waals surface area contributed by atoms with E-state index in [1.54, 1.807) is 38.9 Å². The number of sulfonamides is 1. The van der Waals surface area contributed by atoms with Crippen LogP contribution in [-0.2, 0) is 19.9 Å². The third-order valence-corrected chi connectivity index (χ3v) is 8.26. The molecule has 11 heteroatoms. The van der Waals surface area contributed by atoms with Crippen LogP contribution in [-0.4, -0.2) is 60.5 Å². The van der Waals surface area contributed by atoms with Gasteiger partial charge in [-0.25, -0.2) is 16.8 Å². The van der Waals surface area contributed by atoms with Gasteiger partial charge >= 0.3 is 0 Å². The van der Waals surface area contributed by atoms with Gasteiger partial charge in [0, 0.05) is 39.0 Å². The van der Waals surface area contributed by atoms with Crippen LogP contribution in [0, 0.1) is 0 Å². The van der Waals surface area contributed by atoms with Gasteiger partial charge in [0.25, 0.3) is 5.91 Å². The predicted octanol–water partition coefficient (Wildman–Crippen LogP) is 3.09. The maximum Gasteiger partial charge on any atom is 0.255 e. The van der Waals surface area contributed by atoms with Crippen LogP contribution in [0.25, 0.3) is 0 Å². The Bertz CT molecular complexity index is 1190. The highest BCUT2D eigenvalue weighted by Gasteiger charge is 2.24. The van der Waals surface area contributed by atoms with Crippen LogP contribution < -0.4 is 10.2 Å². The summed E-state index contributed by atoms with van der Waals surface area (Å²) in [6.45, 7) is 4.12. The topological polar surface area (TPSA) is 104 Å². The fraction of sp³-hybridized carbons (Fsp3) is 0.350. The normalized spacial score (nSPS) is 12.1. The number of nitrogens with zero attached hydrogens (tertiary/aromatic N) is 2. The molecule has 0 radical (unpaired) electrons. The first-order valence-electron chi connectivity index (χ1n) is 9.45. The van der Waals surface area contributed by atoms with Gasteiger partial charge in [0.15, 0.2) is 9.84 Å². The van der Waals surface area contributed by atoms with Gasteiger partial charge in [0.1, 0.15) is 0 Å². The zero-order valence-electron chi connectivity index (χ0n) is 18.0. The number of rotatable bonds is 8. The molecule has 0 saturated carbocycles. The molecule has 1 amide bonds. The molecule has 0 fully saturated rings. The molecule has 0 aliphatic carbocycles. The molecule has 0 aliphatic heterocycles. The van der Waals surface area contributed by atoms with Gasteiger partial charge in [0.2, 0.25) is 10.0 Å². The summed E-state index contributed by atoms with van der Waals surface area (Å²) in [6.07, 6.45) is 1.00. The van der Waals surface area contributed by atoms with Crippen LogP contribution in [0.4, 0.5) is 11.4 Å². The maximum absolute atomic E-state index is 12.9.